The maximum atomic E-state index is 13.0. The molecule has 0 radical (unpaired) electrons. The topological polar surface area (TPSA) is 57.7 Å². The number of benzene rings is 2. The Bertz CT molecular complexity index is 983. The second-order valence-electron chi connectivity index (χ2n) is 8.59. The lowest BCUT2D eigenvalue weighted by Gasteiger charge is -2.38. The maximum Gasteiger partial charge on any atom is 0.253 e. The first-order valence-corrected chi connectivity index (χ1v) is 11.7. The summed E-state index contributed by atoms with van der Waals surface area (Å²) >= 11 is 0. The quantitative estimate of drug-likeness (QED) is 0.620. The van der Waals surface area contributed by atoms with Crippen LogP contribution in [0.25, 0.3) is 0 Å². The lowest BCUT2D eigenvalue weighted by molar-refractivity contribution is 0.0583. The Morgan fingerprint density at radius 2 is 1.80 bits per heavy atom. The summed E-state index contributed by atoms with van der Waals surface area (Å²) in [7, 11) is -3.63. The number of rotatable bonds is 7. The van der Waals surface area contributed by atoms with Gasteiger partial charge < -0.3 is 4.90 Å². The number of hydrogen-bond acceptors (Lipinski definition) is 3. The first kappa shape index (κ1) is 22.2. The molecule has 1 fully saturated rings. The molecular weight excluding hydrogens is 396 g/mol. The molecule has 0 bridgehead atoms. The van der Waals surface area contributed by atoms with Gasteiger partial charge in [-0.1, -0.05) is 50.3 Å². The van der Waals surface area contributed by atoms with Gasteiger partial charge in [0.1, 0.15) is 0 Å². The van der Waals surface area contributed by atoms with Gasteiger partial charge in [0.25, 0.3) is 5.91 Å². The van der Waals surface area contributed by atoms with Gasteiger partial charge >= 0.3 is 0 Å². The molecule has 6 heteroatoms. The molecule has 1 saturated heterocycles. The standard InChI is InChI=1S/C24H30N2O3S/c1-4-16-26(30(28,29)22-9-6-5-7-10-22)18-20-11-13-21(14-12-20)23(27)25-17-8-15-24(2,3)19-25/h4-7,9-14H,1,8,15-19H2,2-3H3. The molecule has 0 aliphatic carbocycles. The van der Waals surface area contributed by atoms with E-state index in [0.29, 0.717) is 5.56 Å². The fourth-order valence-corrected chi connectivity index (χ4v) is 5.29. The van der Waals surface area contributed by atoms with Gasteiger partial charge in [0.2, 0.25) is 10.0 Å². The zero-order valence-corrected chi connectivity index (χ0v) is 18.6. The minimum Gasteiger partial charge on any atom is -0.338 e. The Balaban J connectivity index is 1.75. The molecule has 0 atom stereocenters. The summed E-state index contributed by atoms with van der Waals surface area (Å²) in [6.07, 6.45) is 3.73. The summed E-state index contributed by atoms with van der Waals surface area (Å²) in [6, 6.07) is 15.6. The van der Waals surface area contributed by atoms with Gasteiger partial charge in [-0.3, -0.25) is 4.79 Å². The van der Waals surface area contributed by atoms with Crippen LogP contribution in [-0.4, -0.2) is 43.2 Å². The molecular formula is C24H30N2O3S. The van der Waals surface area contributed by atoms with Crippen LogP contribution in [0.3, 0.4) is 0 Å². The molecule has 2 aromatic carbocycles. The molecule has 0 aromatic heterocycles. The van der Waals surface area contributed by atoms with Gasteiger partial charge in [0.05, 0.1) is 4.90 Å². The first-order valence-electron chi connectivity index (χ1n) is 10.3. The van der Waals surface area contributed by atoms with E-state index in [9.17, 15) is 13.2 Å². The predicted molar refractivity (Wildman–Crippen MR) is 120 cm³/mol. The number of hydrogen-bond donors (Lipinski definition) is 0. The summed E-state index contributed by atoms with van der Waals surface area (Å²) in [6.45, 7) is 10.0. The van der Waals surface area contributed by atoms with E-state index in [-0.39, 0.29) is 29.3 Å². The van der Waals surface area contributed by atoms with E-state index in [4.69, 9.17) is 0 Å². The predicted octanol–water partition coefficient (Wildman–Crippen LogP) is 4.33. The van der Waals surface area contributed by atoms with Crippen molar-refractivity contribution in [2.45, 2.75) is 38.1 Å². The van der Waals surface area contributed by atoms with Crippen molar-refractivity contribution in [2.75, 3.05) is 19.6 Å². The van der Waals surface area contributed by atoms with Crippen LogP contribution in [0, 0.1) is 5.41 Å². The maximum absolute atomic E-state index is 13.0. The monoisotopic (exact) mass is 426 g/mol. The Morgan fingerprint density at radius 1 is 1.13 bits per heavy atom. The highest BCUT2D eigenvalue weighted by atomic mass is 32.2. The molecule has 30 heavy (non-hydrogen) atoms. The fourth-order valence-electron chi connectivity index (χ4n) is 3.87. The van der Waals surface area contributed by atoms with E-state index < -0.39 is 10.0 Å². The van der Waals surface area contributed by atoms with Gasteiger partial charge in [-0.25, -0.2) is 8.42 Å². The van der Waals surface area contributed by atoms with Crippen LogP contribution in [0.15, 0.2) is 72.1 Å². The van der Waals surface area contributed by atoms with Crippen molar-refractivity contribution in [2.24, 2.45) is 5.41 Å². The highest BCUT2D eigenvalue weighted by molar-refractivity contribution is 7.89. The molecule has 1 aliphatic heterocycles. The molecule has 160 valence electrons. The average molecular weight is 427 g/mol. The highest BCUT2D eigenvalue weighted by Crippen LogP contribution is 2.29. The second kappa shape index (κ2) is 9.14. The van der Waals surface area contributed by atoms with E-state index in [2.05, 4.69) is 20.4 Å². The number of likely N-dealkylation sites (tertiary alicyclic amines) is 1. The summed E-state index contributed by atoms with van der Waals surface area (Å²) < 4.78 is 27.4. The lowest BCUT2D eigenvalue weighted by Crippen LogP contribution is -2.43. The SMILES string of the molecule is C=CCN(Cc1ccc(C(=O)N2CCCC(C)(C)C2)cc1)S(=O)(=O)c1ccccc1. The molecule has 2 aromatic rings. The van der Waals surface area contributed by atoms with E-state index in [1.54, 1.807) is 48.5 Å². The smallest absolute Gasteiger partial charge is 0.253 e. The molecule has 1 amide bonds. The Kier molecular flexibility index (Phi) is 6.78. The molecule has 3 rings (SSSR count). The highest BCUT2D eigenvalue weighted by Gasteiger charge is 2.29. The van der Waals surface area contributed by atoms with Gasteiger partial charge in [-0.2, -0.15) is 4.31 Å². The lowest BCUT2D eigenvalue weighted by atomic mass is 9.84. The second-order valence-corrected chi connectivity index (χ2v) is 10.5. The van der Waals surface area contributed by atoms with Gasteiger partial charge in [-0.15, -0.1) is 6.58 Å². The first-order chi connectivity index (χ1) is 14.2. The Labute approximate surface area is 180 Å². The van der Waals surface area contributed by atoms with Gasteiger partial charge in [0, 0.05) is 31.7 Å². The van der Waals surface area contributed by atoms with E-state index in [0.717, 1.165) is 31.5 Å². The number of sulfonamides is 1. The van der Waals surface area contributed by atoms with Crippen molar-refractivity contribution >= 4 is 15.9 Å². The van der Waals surface area contributed by atoms with Crippen LogP contribution >= 0.6 is 0 Å². The van der Waals surface area contributed by atoms with Crippen LogP contribution in [0.4, 0.5) is 0 Å². The molecule has 1 aliphatic rings. The van der Waals surface area contributed by atoms with Crippen molar-refractivity contribution in [1.29, 1.82) is 0 Å². The number of carbonyl (C=O) groups is 1. The zero-order chi connectivity index (χ0) is 21.8. The third-order valence-electron chi connectivity index (χ3n) is 5.46. The van der Waals surface area contributed by atoms with Crippen molar-refractivity contribution in [3.8, 4) is 0 Å². The third-order valence-corrected chi connectivity index (χ3v) is 7.29. The zero-order valence-electron chi connectivity index (χ0n) is 17.8. The van der Waals surface area contributed by atoms with Gasteiger partial charge in [0.15, 0.2) is 0 Å². The minimum atomic E-state index is -3.63. The molecule has 5 nitrogen and oxygen atoms in total. The van der Waals surface area contributed by atoms with Crippen molar-refractivity contribution in [1.82, 2.24) is 9.21 Å². The summed E-state index contributed by atoms with van der Waals surface area (Å²) in [5, 5.41) is 0. The van der Waals surface area contributed by atoms with E-state index in [1.165, 1.54) is 4.31 Å². The van der Waals surface area contributed by atoms with E-state index >= 15 is 0 Å². The number of piperidine rings is 1. The Hall–Kier alpha value is -2.44. The number of carbonyl (C=O) groups excluding carboxylic acids is 1. The minimum absolute atomic E-state index is 0.0363. The van der Waals surface area contributed by atoms with E-state index in [1.807, 2.05) is 17.0 Å². The van der Waals surface area contributed by atoms with Crippen LogP contribution in [-0.2, 0) is 16.6 Å². The average Bonchev–Trinajstić information content (AvgIpc) is 2.73. The third kappa shape index (κ3) is 5.18. The Morgan fingerprint density at radius 3 is 2.40 bits per heavy atom. The molecule has 0 saturated carbocycles. The van der Waals surface area contributed by atoms with Crippen molar-refractivity contribution in [3.63, 3.8) is 0 Å². The van der Waals surface area contributed by atoms with Crippen molar-refractivity contribution in [3.05, 3.63) is 78.4 Å². The van der Waals surface area contributed by atoms with Crippen LogP contribution in [0.1, 0.15) is 42.6 Å². The van der Waals surface area contributed by atoms with Crippen molar-refractivity contribution < 1.29 is 13.2 Å². The molecule has 1 heterocycles. The number of nitrogens with zero attached hydrogens (tertiary/aromatic N) is 2. The van der Waals surface area contributed by atoms with Crippen LogP contribution in [0.2, 0.25) is 0 Å². The largest absolute Gasteiger partial charge is 0.338 e. The normalized spacial score (nSPS) is 16.4. The van der Waals surface area contributed by atoms with Crippen LogP contribution in [0.5, 0.6) is 0 Å². The summed E-state index contributed by atoms with van der Waals surface area (Å²) in [5.74, 6) is 0.0363. The van der Waals surface area contributed by atoms with Crippen LogP contribution < -0.4 is 0 Å². The molecule has 0 N–H and O–H groups in total. The summed E-state index contributed by atoms with van der Waals surface area (Å²) in [4.78, 5) is 15.0. The fraction of sp³-hybridized carbons (Fsp3) is 0.375. The molecule has 0 spiro atoms. The van der Waals surface area contributed by atoms with Gasteiger partial charge in [-0.05, 0) is 48.1 Å². The molecule has 0 unspecified atom stereocenters. The summed E-state index contributed by atoms with van der Waals surface area (Å²) in [5.41, 5.74) is 1.61. The number of amides is 1.